The molecule has 0 radical (unpaired) electrons. The van der Waals surface area contributed by atoms with Crippen LogP contribution in [0.4, 0.5) is 0 Å². The first-order valence-electron chi connectivity index (χ1n) is 3.02. The third kappa shape index (κ3) is 1.65. The average Bonchev–Trinajstić information content (AvgIpc) is 2.03. The van der Waals surface area contributed by atoms with E-state index in [0.29, 0.717) is 6.29 Å². The molecule has 1 rings (SSSR count). The van der Waals surface area contributed by atoms with Crippen molar-refractivity contribution >= 4 is 16.1 Å². The predicted octanol–water partition coefficient (Wildman–Crippen LogP) is -0.307. The van der Waals surface area contributed by atoms with E-state index in [1.54, 1.807) is 0 Å². The molecule has 1 aromatic heterocycles. The molecule has 5 nitrogen and oxygen atoms in total. The molecule has 0 N–H and O–H groups in total. The molecule has 12 heavy (non-hydrogen) atoms. The number of aldehydes is 1. The third-order valence-electron chi connectivity index (χ3n) is 1.15. The Morgan fingerprint density at radius 3 is 2.33 bits per heavy atom. The van der Waals surface area contributed by atoms with E-state index in [-0.39, 0.29) is 10.7 Å². The molecule has 0 aliphatic heterocycles. The number of rotatable bonds is 2. The van der Waals surface area contributed by atoms with Gasteiger partial charge in [-0.2, -0.15) is 0 Å². The molecule has 64 valence electrons. The minimum atomic E-state index is -3.45. The van der Waals surface area contributed by atoms with Gasteiger partial charge >= 0.3 is 0 Å². The molecule has 0 saturated carbocycles. The molecule has 1 aromatic rings. The van der Waals surface area contributed by atoms with Gasteiger partial charge in [-0.15, -0.1) is 0 Å². The lowest BCUT2D eigenvalue weighted by Crippen LogP contribution is -2.06. The van der Waals surface area contributed by atoms with Gasteiger partial charge in [-0.3, -0.25) is 4.79 Å². The first kappa shape index (κ1) is 8.79. The minimum Gasteiger partial charge on any atom is -0.296 e. The summed E-state index contributed by atoms with van der Waals surface area (Å²) in [6.07, 6.45) is 3.83. The highest BCUT2D eigenvalue weighted by Crippen LogP contribution is 2.05. The molecule has 6 heteroatoms. The van der Waals surface area contributed by atoms with Gasteiger partial charge in [0.1, 0.15) is 5.69 Å². The molecule has 0 amide bonds. The largest absolute Gasteiger partial charge is 0.296 e. The highest BCUT2D eigenvalue weighted by atomic mass is 32.2. The fourth-order valence-electron chi connectivity index (χ4n) is 0.703. The van der Waals surface area contributed by atoms with Gasteiger partial charge in [0.2, 0.25) is 0 Å². The Balaban J connectivity index is 3.43. The van der Waals surface area contributed by atoms with Crippen molar-refractivity contribution in [2.24, 2.45) is 0 Å². The molecule has 0 bridgehead atoms. The summed E-state index contributed by atoms with van der Waals surface area (Å²) in [4.78, 5) is 17.4. The van der Waals surface area contributed by atoms with Crippen LogP contribution in [0.25, 0.3) is 0 Å². The maximum atomic E-state index is 11.0. The Morgan fingerprint density at radius 2 is 1.92 bits per heavy atom. The van der Waals surface area contributed by atoms with Crippen LogP contribution in [-0.2, 0) is 9.84 Å². The first-order chi connectivity index (χ1) is 5.55. The lowest BCUT2D eigenvalue weighted by atomic mass is 10.5. The standard InChI is InChI=1S/C6H6N2O3S/c1-12(10,11)6-5(4-9)7-2-3-8-6/h2-4H,1H3. The van der Waals surface area contributed by atoms with Crippen LogP contribution in [0.3, 0.4) is 0 Å². The van der Waals surface area contributed by atoms with E-state index in [0.717, 1.165) is 6.26 Å². The molecule has 1 heterocycles. The quantitative estimate of drug-likeness (QED) is 0.592. The summed E-state index contributed by atoms with van der Waals surface area (Å²) in [5, 5.41) is -0.278. The van der Waals surface area contributed by atoms with E-state index in [4.69, 9.17) is 0 Å². The fourth-order valence-corrected chi connectivity index (χ4v) is 1.44. The Hall–Kier alpha value is -1.30. The molecular formula is C6H6N2O3S. The van der Waals surface area contributed by atoms with Crippen molar-refractivity contribution in [2.75, 3.05) is 6.26 Å². The van der Waals surface area contributed by atoms with Gasteiger partial charge in [-0.25, -0.2) is 18.4 Å². The zero-order valence-electron chi connectivity index (χ0n) is 6.26. The van der Waals surface area contributed by atoms with E-state index < -0.39 is 9.84 Å². The van der Waals surface area contributed by atoms with E-state index in [9.17, 15) is 13.2 Å². The van der Waals surface area contributed by atoms with Gasteiger partial charge in [0.25, 0.3) is 0 Å². The van der Waals surface area contributed by atoms with Crippen LogP contribution < -0.4 is 0 Å². The maximum absolute atomic E-state index is 11.0. The lowest BCUT2D eigenvalue weighted by Gasteiger charge is -1.97. The average molecular weight is 186 g/mol. The highest BCUT2D eigenvalue weighted by molar-refractivity contribution is 7.90. The molecule has 0 aromatic carbocycles. The molecule has 0 aliphatic rings. The molecule has 0 aliphatic carbocycles. The molecule has 0 atom stereocenters. The second-order valence-corrected chi connectivity index (χ2v) is 4.07. The van der Waals surface area contributed by atoms with Crippen LogP contribution in [0.1, 0.15) is 10.5 Å². The highest BCUT2D eigenvalue weighted by Gasteiger charge is 2.14. The molecule has 0 fully saturated rings. The summed E-state index contributed by atoms with van der Waals surface area (Å²) < 4.78 is 21.9. The summed E-state index contributed by atoms with van der Waals surface area (Å²) in [5.41, 5.74) is -0.153. The van der Waals surface area contributed by atoms with Gasteiger partial charge in [0.15, 0.2) is 21.1 Å². The molecule has 0 saturated heterocycles. The van der Waals surface area contributed by atoms with Crippen LogP contribution >= 0.6 is 0 Å². The third-order valence-corrected chi connectivity index (χ3v) is 2.17. The van der Waals surface area contributed by atoms with Crippen molar-refractivity contribution in [1.29, 1.82) is 0 Å². The minimum absolute atomic E-state index is 0.153. The Kier molecular flexibility index (Phi) is 2.18. The van der Waals surface area contributed by atoms with Gasteiger partial charge in [0, 0.05) is 18.6 Å². The summed E-state index contributed by atoms with van der Waals surface area (Å²) in [6, 6.07) is 0. The van der Waals surface area contributed by atoms with Gasteiger partial charge in [-0.1, -0.05) is 0 Å². The van der Waals surface area contributed by atoms with Crippen molar-refractivity contribution in [3.8, 4) is 0 Å². The maximum Gasteiger partial charge on any atom is 0.195 e. The number of carbonyl (C=O) groups excluding carboxylic acids is 1. The second kappa shape index (κ2) is 2.98. The van der Waals surface area contributed by atoms with Gasteiger partial charge in [-0.05, 0) is 0 Å². The Labute approximate surface area is 69.4 Å². The Morgan fingerprint density at radius 1 is 1.33 bits per heavy atom. The Bertz CT molecular complexity index is 399. The summed E-state index contributed by atoms with van der Waals surface area (Å²) >= 11 is 0. The lowest BCUT2D eigenvalue weighted by molar-refractivity contribution is 0.111. The molecular weight excluding hydrogens is 180 g/mol. The topological polar surface area (TPSA) is 77.0 Å². The predicted molar refractivity (Wildman–Crippen MR) is 40.5 cm³/mol. The van der Waals surface area contributed by atoms with E-state index in [1.165, 1.54) is 12.4 Å². The SMILES string of the molecule is CS(=O)(=O)c1nccnc1C=O. The van der Waals surface area contributed by atoms with E-state index >= 15 is 0 Å². The zero-order valence-corrected chi connectivity index (χ0v) is 7.08. The van der Waals surface area contributed by atoms with Crippen molar-refractivity contribution < 1.29 is 13.2 Å². The monoisotopic (exact) mass is 186 g/mol. The second-order valence-electron chi connectivity index (χ2n) is 2.14. The van der Waals surface area contributed by atoms with Crippen molar-refractivity contribution in [1.82, 2.24) is 9.97 Å². The number of hydrogen-bond acceptors (Lipinski definition) is 5. The number of hydrogen-bond donors (Lipinski definition) is 0. The zero-order chi connectivity index (χ0) is 9.19. The number of sulfone groups is 1. The van der Waals surface area contributed by atoms with Crippen molar-refractivity contribution in [3.05, 3.63) is 18.1 Å². The van der Waals surface area contributed by atoms with Gasteiger partial charge in [0.05, 0.1) is 0 Å². The summed E-state index contributed by atoms with van der Waals surface area (Å²) in [6.45, 7) is 0. The van der Waals surface area contributed by atoms with Crippen LogP contribution in [-0.4, -0.2) is 30.9 Å². The smallest absolute Gasteiger partial charge is 0.195 e. The number of nitrogens with zero attached hydrogens (tertiary/aromatic N) is 2. The van der Waals surface area contributed by atoms with E-state index in [2.05, 4.69) is 9.97 Å². The fraction of sp³-hybridized carbons (Fsp3) is 0.167. The number of carbonyl (C=O) groups is 1. The molecule has 0 unspecified atom stereocenters. The van der Waals surface area contributed by atoms with Gasteiger partial charge < -0.3 is 0 Å². The van der Waals surface area contributed by atoms with Crippen molar-refractivity contribution in [3.63, 3.8) is 0 Å². The summed E-state index contributed by atoms with van der Waals surface area (Å²) in [7, 11) is -3.45. The van der Waals surface area contributed by atoms with Crippen LogP contribution in [0.5, 0.6) is 0 Å². The molecule has 0 spiro atoms. The van der Waals surface area contributed by atoms with Crippen molar-refractivity contribution in [2.45, 2.75) is 5.03 Å². The van der Waals surface area contributed by atoms with Crippen LogP contribution in [0.2, 0.25) is 0 Å². The van der Waals surface area contributed by atoms with Crippen LogP contribution in [0, 0.1) is 0 Å². The number of aromatic nitrogens is 2. The van der Waals surface area contributed by atoms with Crippen LogP contribution in [0.15, 0.2) is 17.4 Å². The van der Waals surface area contributed by atoms with E-state index in [1.807, 2.05) is 0 Å². The normalized spacial score (nSPS) is 11.1. The summed E-state index contributed by atoms with van der Waals surface area (Å²) in [5.74, 6) is 0. The first-order valence-corrected chi connectivity index (χ1v) is 4.91.